The number of amides is 1. The maximum Gasteiger partial charge on any atom is 0.415 e. The van der Waals surface area contributed by atoms with Crippen LogP contribution in [0.25, 0.3) is 0 Å². The minimum atomic E-state index is -0.417. The van der Waals surface area contributed by atoms with Gasteiger partial charge in [0.05, 0.1) is 5.70 Å². The normalized spacial score (nSPS) is 20.3. The number of carbonyl (C=O) groups is 1. The number of hydrogen-bond acceptors (Lipinski definition) is 3. The maximum absolute atomic E-state index is 12.1. The van der Waals surface area contributed by atoms with Gasteiger partial charge in [0, 0.05) is 24.9 Å². The van der Waals surface area contributed by atoms with Crippen LogP contribution in [0.1, 0.15) is 37.8 Å². The summed E-state index contributed by atoms with van der Waals surface area (Å²) in [6, 6.07) is 5.83. The van der Waals surface area contributed by atoms with Crippen molar-refractivity contribution >= 4 is 18.5 Å². The number of aromatic nitrogens is 1. The molecule has 1 aromatic heterocycles. The molecule has 1 aliphatic carbocycles. The lowest BCUT2D eigenvalue weighted by molar-refractivity contribution is 0.0402. The van der Waals surface area contributed by atoms with Gasteiger partial charge in [0.25, 0.3) is 0 Å². The maximum atomic E-state index is 12.1. The zero-order valence-corrected chi connectivity index (χ0v) is 12.9. The Kier molecular flexibility index (Phi) is 4.88. The molecule has 114 valence electrons. The molecular formula is C16H21ClN2O2. The summed E-state index contributed by atoms with van der Waals surface area (Å²) in [6.07, 6.45) is 7.53. The summed E-state index contributed by atoms with van der Waals surface area (Å²) >= 11 is 0. The molecule has 0 radical (unpaired) electrons. The summed E-state index contributed by atoms with van der Waals surface area (Å²) in [5.41, 5.74) is 1.41. The van der Waals surface area contributed by atoms with Gasteiger partial charge in [-0.25, -0.2) is 4.79 Å². The van der Waals surface area contributed by atoms with Crippen LogP contribution in [-0.4, -0.2) is 28.1 Å². The molecule has 4 nitrogen and oxygen atoms in total. The van der Waals surface area contributed by atoms with Gasteiger partial charge in [-0.2, -0.15) is 0 Å². The van der Waals surface area contributed by atoms with Gasteiger partial charge in [-0.05, 0) is 37.8 Å². The van der Waals surface area contributed by atoms with E-state index in [2.05, 4.69) is 11.6 Å². The van der Waals surface area contributed by atoms with E-state index in [4.69, 9.17) is 4.74 Å². The van der Waals surface area contributed by atoms with E-state index in [0.717, 1.165) is 43.5 Å². The standard InChI is InChI=1S/C16H20N2O2.ClH/c1-13-16(9-4-2-5-10-16)20-15(19)18(13)12-8-14-7-3-6-11-17-14;/h3,6-7,11H,1-2,4-5,8-10,12H2;1H. The van der Waals surface area contributed by atoms with Crippen molar-refractivity contribution in [1.29, 1.82) is 0 Å². The summed E-state index contributed by atoms with van der Waals surface area (Å²) in [7, 11) is 0. The molecule has 2 aliphatic rings. The second-order valence-corrected chi connectivity index (χ2v) is 5.59. The van der Waals surface area contributed by atoms with E-state index in [0.29, 0.717) is 6.54 Å². The number of rotatable bonds is 3. The molecule has 1 saturated heterocycles. The Morgan fingerprint density at radius 2 is 2.05 bits per heavy atom. The van der Waals surface area contributed by atoms with E-state index in [-0.39, 0.29) is 18.5 Å². The number of ether oxygens (including phenoxy) is 1. The summed E-state index contributed by atoms with van der Waals surface area (Å²) in [4.78, 5) is 18.1. The van der Waals surface area contributed by atoms with Crippen LogP contribution in [-0.2, 0) is 11.2 Å². The van der Waals surface area contributed by atoms with E-state index in [9.17, 15) is 4.79 Å². The lowest BCUT2D eigenvalue weighted by atomic mass is 9.83. The van der Waals surface area contributed by atoms with Crippen LogP contribution in [0, 0.1) is 0 Å². The number of nitrogens with zero attached hydrogens (tertiary/aromatic N) is 2. The zero-order valence-electron chi connectivity index (χ0n) is 12.1. The largest absolute Gasteiger partial charge is 0.436 e. The fourth-order valence-electron chi connectivity index (χ4n) is 3.15. The molecule has 0 atom stereocenters. The third-order valence-corrected chi connectivity index (χ3v) is 4.33. The second kappa shape index (κ2) is 6.48. The number of carbonyl (C=O) groups excluding carboxylic acids is 1. The molecule has 0 N–H and O–H groups in total. The van der Waals surface area contributed by atoms with E-state index in [1.807, 2.05) is 18.2 Å². The van der Waals surface area contributed by atoms with Gasteiger partial charge in [-0.15, -0.1) is 12.4 Å². The molecule has 0 aromatic carbocycles. The first kappa shape index (κ1) is 15.8. The quantitative estimate of drug-likeness (QED) is 0.854. The number of hydrogen-bond donors (Lipinski definition) is 0. The minimum Gasteiger partial charge on any atom is -0.436 e. The van der Waals surface area contributed by atoms with Crippen LogP contribution >= 0.6 is 12.4 Å². The van der Waals surface area contributed by atoms with Gasteiger partial charge in [0.15, 0.2) is 5.60 Å². The molecule has 2 fully saturated rings. The molecule has 1 amide bonds. The highest BCUT2D eigenvalue weighted by Gasteiger charge is 2.48. The third kappa shape index (κ3) is 3.05. The average molecular weight is 309 g/mol. The predicted molar refractivity (Wildman–Crippen MR) is 83.3 cm³/mol. The second-order valence-electron chi connectivity index (χ2n) is 5.59. The SMILES string of the molecule is C=C1N(CCc2ccccn2)C(=O)OC12CCCCC2.Cl. The summed E-state index contributed by atoms with van der Waals surface area (Å²) in [5, 5.41) is 0. The molecule has 5 heteroatoms. The van der Waals surface area contributed by atoms with Crippen molar-refractivity contribution in [2.45, 2.75) is 44.1 Å². The Labute approximate surface area is 131 Å². The van der Waals surface area contributed by atoms with E-state index < -0.39 is 5.60 Å². The fraction of sp³-hybridized carbons (Fsp3) is 0.500. The van der Waals surface area contributed by atoms with Crippen molar-refractivity contribution in [3.63, 3.8) is 0 Å². The fourth-order valence-corrected chi connectivity index (χ4v) is 3.15. The monoisotopic (exact) mass is 308 g/mol. The van der Waals surface area contributed by atoms with Gasteiger partial charge >= 0.3 is 6.09 Å². The summed E-state index contributed by atoms with van der Waals surface area (Å²) in [5.74, 6) is 0. The Morgan fingerprint density at radius 3 is 2.71 bits per heavy atom. The molecule has 2 heterocycles. The highest BCUT2D eigenvalue weighted by Crippen LogP contribution is 2.43. The zero-order chi connectivity index (χ0) is 14.0. The Balaban J connectivity index is 0.00000161. The molecule has 0 unspecified atom stereocenters. The Hall–Kier alpha value is -1.55. The number of pyridine rings is 1. The average Bonchev–Trinajstić information content (AvgIpc) is 2.70. The molecule has 1 spiro atoms. The van der Waals surface area contributed by atoms with Crippen molar-refractivity contribution in [1.82, 2.24) is 9.88 Å². The van der Waals surface area contributed by atoms with Crippen molar-refractivity contribution in [3.8, 4) is 0 Å². The van der Waals surface area contributed by atoms with Crippen LogP contribution in [0.5, 0.6) is 0 Å². The lowest BCUT2D eigenvalue weighted by Crippen LogP contribution is -2.34. The smallest absolute Gasteiger partial charge is 0.415 e. The third-order valence-electron chi connectivity index (χ3n) is 4.33. The van der Waals surface area contributed by atoms with Crippen LogP contribution < -0.4 is 0 Å². The molecular weight excluding hydrogens is 288 g/mol. The van der Waals surface area contributed by atoms with Gasteiger partial charge in [-0.1, -0.05) is 19.1 Å². The minimum absolute atomic E-state index is 0. The van der Waals surface area contributed by atoms with Crippen molar-refractivity contribution in [3.05, 3.63) is 42.4 Å². The molecule has 1 aliphatic heterocycles. The van der Waals surface area contributed by atoms with Crippen molar-refractivity contribution < 1.29 is 9.53 Å². The van der Waals surface area contributed by atoms with Crippen molar-refractivity contribution in [2.75, 3.05) is 6.54 Å². The van der Waals surface area contributed by atoms with Gasteiger partial charge in [0.1, 0.15) is 0 Å². The van der Waals surface area contributed by atoms with Crippen LogP contribution in [0.2, 0.25) is 0 Å². The Bertz CT molecular complexity index is 512. The first-order valence-electron chi connectivity index (χ1n) is 7.31. The lowest BCUT2D eigenvalue weighted by Gasteiger charge is -2.32. The first-order chi connectivity index (χ1) is 9.71. The van der Waals surface area contributed by atoms with Gasteiger partial charge in [0.2, 0.25) is 0 Å². The highest BCUT2D eigenvalue weighted by molar-refractivity contribution is 5.85. The summed E-state index contributed by atoms with van der Waals surface area (Å²) in [6.45, 7) is 4.73. The van der Waals surface area contributed by atoms with E-state index in [1.165, 1.54) is 6.42 Å². The Morgan fingerprint density at radius 1 is 1.29 bits per heavy atom. The van der Waals surface area contributed by atoms with Gasteiger partial charge in [-0.3, -0.25) is 9.88 Å². The molecule has 3 rings (SSSR count). The van der Waals surface area contributed by atoms with Crippen LogP contribution in [0.4, 0.5) is 4.79 Å². The van der Waals surface area contributed by atoms with E-state index in [1.54, 1.807) is 11.1 Å². The molecule has 0 bridgehead atoms. The molecule has 1 aromatic rings. The first-order valence-corrected chi connectivity index (χ1v) is 7.31. The topological polar surface area (TPSA) is 42.4 Å². The highest BCUT2D eigenvalue weighted by atomic mass is 35.5. The predicted octanol–water partition coefficient (Wildman–Crippen LogP) is 3.71. The molecule has 1 saturated carbocycles. The van der Waals surface area contributed by atoms with E-state index >= 15 is 0 Å². The number of halogens is 1. The van der Waals surface area contributed by atoms with Crippen molar-refractivity contribution in [2.24, 2.45) is 0 Å². The van der Waals surface area contributed by atoms with Gasteiger partial charge < -0.3 is 4.74 Å². The van der Waals surface area contributed by atoms with Crippen LogP contribution in [0.15, 0.2) is 36.7 Å². The molecule has 21 heavy (non-hydrogen) atoms. The van der Waals surface area contributed by atoms with Crippen LogP contribution in [0.3, 0.4) is 0 Å². The summed E-state index contributed by atoms with van der Waals surface area (Å²) < 4.78 is 5.67.